The molecule has 2 rings (SSSR count). The predicted molar refractivity (Wildman–Crippen MR) is 102 cm³/mol. The van der Waals surface area contributed by atoms with E-state index in [4.69, 9.17) is 0 Å². The zero-order valence-corrected chi connectivity index (χ0v) is 15.3. The Morgan fingerprint density at radius 2 is 1.52 bits per heavy atom. The number of carbonyl (C=O) groups excluding carboxylic acids is 2. The highest BCUT2D eigenvalue weighted by atomic mass is 16.2. The van der Waals surface area contributed by atoms with Gasteiger partial charge in [-0.2, -0.15) is 0 Å². The second-order valence-electron chi connectivity index (χ2n) is 7.27. The van der Waals surface area contributed by atoms with Gasteiger partial charge in [0.05, 0.1) is 0 Å². The predicted octanol–water partition coefficient (Wildman–Crippen LogP) is 3.84. The molecule has 4 heteroatoms. The number of amides is 2. The van der Waals surface area contributed by atoms with Crippen molar-refractivity contribution < 1.29 is 9.59 Å². The summed E-state index contributed by atoms with van der Waals surface area (Å²) in [5, 5.41) is 5.44. The highest BCUT2D eigenvalue weighted by molar-refractivity contribution is 6.39. The summed E-state index contributed by atoms with van der Waals surface area (Å²) >= 11 is 0. The Labute approximate surface area is 149 Å². The van der Waals surface area contributed by atoms with Crippen molar-refractivity contribution in [2.45, 2.75) is 39.0 Å². The van der Waals surface area contributed by atoms with Crippen LogP contribution >= 0.6 is 0 Å². The van der Waals surface area contributed by atoms with Crippen LogP contribution in [0.2, 0.25) is 0 Å². The average molecular weight is 338 g/mol. The summed E-state index contributed by atoms with van der Waals surface area (Å²) in [4.78, 5) is 24.3. The second kappa shape index (κ2) is 7.97. The van der Waals surface area contributed by atoms with Gasteiger partial charge in [-0.15, -0.1) is 0 Å². The van der Waals surface area contributed by atoms with Crippen LogP contribution < -0.4 is 10.6 Å². The molecule has 2 aromatic carbocycles. The molecule has 0 aliphatic carbocycles. The van der Waals surface area contributed by atoms with Crippen LogP contribution in [0, 0.1) is 0 Å². The van der Waals surface area contributed by atoms with Crippen LogP contribution in [0.5, 0.6) is 0 Å². The van der Waals surface area contributed by atoms with Crippen LogP contribution in [-0.2, 0) is 15.0 Å². The summed E-state index contributed by atoms with van der Waals surface area (Å²) in [5.74, 6) is -1.12. The molecule has 0 bridgehead atoms. The lowest BCUT2D eigenvalue weighted by Gasteiger charge is -2.23. The standard InChI is InChI=1S/C21H26N2O2/c1-15(16-10-6-5-7-11-16)14-22-19(24)20(25)23-18-13-9-8-12-17(18)21(2,3)4/h5-13,15H,14H2,1-4H3,(H,22,24)(H,23,25)/t15-/m0/s1. The Kier molecular flexibility index (Phi) is 5.97. The van der Waals surface area contributed by atoms with Crippen LogP contribution in [0.3, 0.4) is 0 Å². The number of benzene rings is 2. The molecular formula is C21H26N2O2. The number of nitrogens with one attached hydrogen (secondary N) is 2. The normalized spacial score (nSPS) is 12.3. The molecule has 25 heavy (non-hydrogen) atoms. The van der Waals surface area contributed by atoms with Crippen molar-refractivity contribution in [3.63, 3.8) is 0 Å². The van der Waals surface area contributed by atoms with Crippen LogP contribution in [0.1, 0.15) is 44.7 Å². The lowest BCUT2D eigenvalue weighted by atomic mass is 9.86. The summed E-state index contributed by atoms with van der Waals surface area (Å²) < 4.78 is 0. The first-order chi connectivity index (χ1) is 11.8. The molecular weight excluding hydrogens is 312 g/mol. The quantitative estimate of drug-likeness (QED) is 0.832. The number of hydrogen-bond acceptors (Lipinski definition) is 2. The molecule has 4 nitrogen and oxygen atoms in total. The van der Waals surface area contributed by atoms with Crippen molar-refractivity contribution in [2.75, 3.05) is 11.9 Å². The zero-order valence-electron chi connectivity index (χ0n) is 15.3. The Morgan fingerprint density at radius 3 is 2.16 bits per heavy atom. The van der Waals surface area contributed by atoms with Crippen molar-refractivity contribution in [3.8, 4) is 0 Å². The van der Waals surface area contributed by atoms with Gasteiger partial charge < -0.3 is 10.6 Å². The zero-order chi connectivity index (χ0) is 18.4. The molecule has 2 amide bonds. The monoisotopic (exact) mass is 338 g/mol. The fourth-order valence-electron chi connectivity index (χ4n) is 2.65. The fraction of sp³-hybridized carbons (Fsp3) is 0.333. The minimum atomic E-state index is -0.642. The van der Waals surface area contributed by atoms with Crippen molar-refractivity contribution in [1.82, 2.24) is 5.32 Å². The largest absolute Gasteiger partial charge is 0.347 e. The number of rotatable bonds is 4. The van der Waals surface area contributed by atoms with E-state index in [9.17, 15) is 9.59 Å². The Hall–Kier alpha value is -2.62. The molecule has 0 fully saturated rings. The molecule has 0 saturated carbocycles. The van der Waals surface area contributed by atoms with Gasteiger partial charge in [0.25, 0.3) is 0 Å². The van der Waals surface area contributed by atoms with E-state index in [2.05, 4.69) is 31.4 Å². The summed E-state index contributed by atoms with van der Waals surface area (Å²) in [7, 11) is 0. The van der Waals surface area contributed by atoms with E-state index in [-0.39, 0.29) is 11.3 Å². The van der Waals surface area contributed by atoms with Gasteiger partial charge in [0.2, 0.25) is 0 Å². The maximum absolute atomic E-state index is 12.2. The minimum absolute atomic E-state index is 0.123. The third-order valence-corrected chi connectivity index (χ3v) is 4.13. The fourth-order valence-corrected chi connectivity index (χ4v) is 2.65. The van der Waals surface area contributed by atoms with E-state index in [0.29, 0.717) is 12.2 Å². The van der Waals surface area contributed by atoms with Gasteiger partial charge in [0.15, 0.2) is 0 Å². The van der Waals surface area contributed by atoms with Crippen molar-refractivity contribution in [1.29, 1.82) is 0 Å². The maximum atomic E-state index is 12.2. The summed E-state index contributed by atoms with van der Waals surface area (Å²) in [6.07, 6.45) is 0. The Balaban J connectivity index is 1.97. The lowest BCUT2D eigenvalue weighted by Crippen LogP contribution is -2.37. The lowest BCUT2D eigenvalue weighted by molar-refractivity contribution is -0.136. The first-order valence-electron chi connectivity index (χ1n) is 8.52. The Morgan fingerprint density at radius 1 is 0.920 bits per heavy atom. The number of carbonyl (C=O) groups is 2. The number of hydrogen-bond donors (Lipinski definition) is 2. The van der Waals surface area contributed by atoms with E-state index in [1.54, 1.807) is 0 Å². The SMILES string of the molecule is C[C@@H](CNC(=O)C(=O)Nc1ccccc1C(C)(C)C)c1ccccc1. The van der Waals surface area contributed by atoms with E-state index in [0.717, 1.165) is 11.1 Å². The highest BCUT2D eigenvalue weighted by Gasteiger charge is 2.21. The van der Waals surface area contributed by atoms with E-state index < -0.39 is 11.8 Å². The third kappa shape index (κ3) is 5.18. The maximum Gasteiger partial charge on any atom is 0.313 e. The van der Waals surface area contributed by atoms with Crippen LogP contribution in [0.15, 0.2) is 54.6 Å². The smallest absolute Gasteiger partial charge is 0.313 e. The molecule has 0 unspecified atom stereocenters. The van der Waals surface area contributed by atoms with Crippen LogP contribution in [-0.4, -0.2) is 18.4 Å². The van der Waals surface area contributed by atoms with Gasteiger partial charge >= 0.3 is 11.8 Å². The summed E-state index contributed by atoms with van der Waals surface area (Å²) in [5.41, 5.74) is 2.67. The van der Waals surface area contributed by atoms with Crippen molar-refractivity contribution in [2.24, 2.45) is 0 Å². The van der Waals surface area contributed by atoms with Gasteiger partial charge in [-0.05, 0) is 28.5 Å². The minimum Gasteiger partial charge on any atom is -0.347 e. The number of anilines is 1. The van der Waals surface area contributed by atoms with Crippen LogP contribution in [0.4, 0.5) is 5.69 Å². The molecule has 132 valence electrons. The van der Waals surface area contributed by atoms with Crippen molar-refractivity contribution in [3.05, 3.63) is 65.7 Å². The second-order valence-corrected chi connectivity index (χ2v) is 7.27. The van der Waals surface area contributed by atoms with Crippen LogP contribution in [0.25, 0.3) is 0 Å². The van der Waals surface area contributed by atoms with Gasteiger partial charge in [-0.25, -0.2) is 0 Å². The van der Waals surface area contributed by atoms with Gasteiger partial charge in [0, 0.05) is 12.2 Å². The third-order valence-electron chi connectivity index (χ3n) is 4.13. The Bertz CT molecular complexity index is 733. The summed E-state index contributed by atoms with van der Waals surface area (Å²) in [6, 6.07) is 17.5. The molecule has 0 saturated heterocycles. The van der Waals surface area contributed by atoms with E-state index >= 15 is 0 Å². The molecule has 0 aromatic heterocycles. The molecule has 0 heterocycles. The molecule has 1 atom stereocenters. The number of para-hydroxylation sites is 1. The van der Waals surface area contributed by atoms with Gasteiger partial charge in [0.1, 0.15) is 0 Å². The molecule has 0 aliphatic heterocycles. The molecule has 2 N–H and O–H groups in total. The topological polar surface area (TPSA) is 58.2 Å². The molecule has 0 spiro atoms. The molecule has 0 radical (unpaired) electrons. The first-order valence-corrected chi connectivity index (χ1v) is 8.52. The average Bonchev–Trinajstić information content (AvgIpc) is 2.59. The molecule has 2 aromatic rings. The van der Waals surface area contributed by atoms with Gasteiger partial charge in [-0.3, -0.25) is 9.59 Å². The first kappa shape index (κ1) is 18.7. The van der Waals surface area contributed by atoms with E-state index in [1.807, 2.05) is 61.5 Å². The molecule has 0 aliphatic rings. The summed E-state index contributed by atoms with van der Waals surface area (Å²) in [6.45, 7) is 8.64. The van der Waals surface area contributed by atoms with Gasteiger partial charge in [-0.1, -0.05) is 76.2 Å². The van der Waals surface area contributed by atoms with Crippen molar-refractivity contribution >= 4 is 17.5 Å². The van der Waals surface area contributed by atoms with E-state index in [1.165, 1.54) is 0 Å². The highest BCUT2D eigenvalue weighted by Crippen LogP contribution is 2.29.